The maximum atomic E-state index is 14.8. The quantitative estimate of drug-likeness (QED) is 0.0123. The second kappa shape index (κ2) is 60.0. The van der Waals surface area contributed by atoms with Gasteiger partial charge >= 0.3 is 24.1 Å². The topological polar surface area (TPSA) is 681 Å². The van der Waals surface area contributed by atoms with E-state index in [1.165, 1.54) is 11.0 Å². The number of aliphatic hydroxyl groups is 10. The number of rotatable bonds is 62. The number of nitrogens with zero attached hydrogens (tertiary/aromatic N) is 2. The van der Waals surface area contributed by atoms with Crippen LogP contribution in [0.25, 0.3) is 0 Å². The van der Waals surface area contributed by atoms with E-state index in [1.807, 2.05) is 25.1 Å². The number of anilines is 3. The lowest BCUT2D eigenvalue weighted by molar-refractivity contribution is -0.141. The summed E-state index contributed by atoms with van der Waals surface area (Å²) in [6, 6.07) is 14.8. The number of nitrogens with one attached hydrogen (secondary N) is 10. The lowest BCUT2D eigenvalue weighted by atomic mass is 9.90. The minimum Gasteiger partial charge on any atom is -0.508 e. The highest BCUT2D eigenvalue weighted by molar-refractivity contribution is 8.76. The third kappa shape index (κ3) is 41.8. The van der Waals surface area contributed by atoms with Gasteiger partial charge in [-0.15, -0.1) is 0 Å². The van der Waals surface area contributed by atoms with Crippen LogP contribution in [0, 0.1) is 29.1 Å². The van der Waals surface area contributed by atoms with Crippen LogP contribution in [0.2, 0.25) is 0 Å². The number of carbonyl (C=O) groups is 16. The number of phenolic OH excluding ortho intramolecular Hbond substituents is 1. The number of hydrogen-bond donors (Lipinski definition) is 23. The number of carbonyl (C=O) groups excluding carboxylic acids is 14. The van der Waals surface area contributed by atoms with Gasteiger partial charge in [-0.3, -0.25) is 72.5 Å². The minimum atomic E-state index is -2.14. The average Bonchev–Trinajstić information content (AvgIpc) is 1.65. The van der Waals surface area contributed by atoms with E-state index in [4.69, 9.17) is 9.47 Å². The molecule has 3 aromatic carbocycles. The van der Waals surface area contributed by atoms with E-state index < -0.39 is 270 Å². The molecule has 1 heterocycles. The maximum Gasteiger partial charge on any atom is 0.426 e. The Morgan fingerprint density at radius 2 is 1.16 bits per heavy atom. The number of fused-ring (bicyclic) bond motifs is 1. The Morgan fingerprint density at radius 1 is 0.593 bits per heavy atom. The fraction of sp³-hybridized carbons (Fsp3) is 0.622. The van der Waals surface area contributed by atoms with Gasteiger partial charge in [-0.25, -0.2) is 15.0 Å². The van der Waals surface area contributed by atoms with Gasteiger partial charge in [-0.1, -0.05) is 125 Å². The summed E-state index contributed by atoms with van der Waals surface area (Å²) in [5.41, 5.74) is 6.48. The van der Waals surface area contributed by atoms with Gasteiger partial charge in [0.15, 0.2) is 17.8 Å². The van der Waals surface area contributed by atoms with Crippen molar-refractivity contribution >= 4 is 134 Å². The predicted octanol–water partition coefficient (Wildman–Crippen LogP) is 0.927. The summed E-state index contributed by atoms with van der Waals surface area (Å²) in [6.07, 6.45) is -17.9. The van der Waals surface area contributed by atoms with Crippen LogP contribution < -0.4 is 63.2 Å². The first-order valence-corrected chi connectivity index (χ1v) is 47.6. The van der Waals surface area contributed by atoms with Crippen molar-refractivity contribution in [2.45, 2.75) is 262 Å². The number of ether oxygens (including phenoxy) is 2. The number of amides is 11. The number of unbranched alkanes of at least 4 members (excludes halogenated alkanes) is 4. The molecule has 1 aliphatic carbocycles. The minimum absolute atomic E-state index is 0.0483. The molecule has 16 atom stereocenters. The lowest BCUT2D eigenvalue weighted by Gasteiger charge is -2.37. The molecule has 45 heteroatoms. The van der Waals surface area contributed by atoms with Crippen LogP contribution in [0.4, 0.5) is 26.7 Å². The molecular weight excluding hydrogens is 1810 g/mol. The molecule has 0 unspecified atom stereocenters. The average molecular weight is 1940 g/mol. The first kappa shape index (κ1) is 115. The number of phenols is 1. The Hall–Kier alpha value is -10.7. The highest BCUT2D eigenvalue weighted by atomic mass is 33.1. The highest BCUT2D eigenvalue weighted by Gasteiger charge is 2.41. The molecule has 0 aromatic heterocycles. The Bertz CT molecular complexity index is 4360. The summed E-state index contributed by atoms with van der Waals surface area (Å²) in [4.78, 5) is 219. The molecule has 135 heavy (non-hydrogen) atoms. The number of aliphatic carboxylic acids is 2. The van der Waals surface area contributed by atoms with E-state index in [-0.39, 0.29) is 91.8 Å². The van der Waals surface area contributed by atoms with Gasteiger partial charge in [0.05, 0.1) is 55.1 Å². The Morgan fingerprint density at radius 3 is 1.74 bits per heavy atom. The molecule has 11 amide bonds. The number of urea groups is 1. The van der Waals surface area contributed by atoms with Gasteiger partial charge < -0.3 is 128 Å². The number of carboxylic acid groups (broad SMARTS) is 2. The fourth-order valence-electron chi connectivity index (χ4n) is 14.9. The Labute approximate surface area is 790 Å². The van der Waals surface area contributed by atoms with E-state index in [0.29, 0.717) is 44.2 Å². The molecule has 1 saturated carbocycles. The van der Waals surface area contributed by atoms with Crippen LogP contribution in [-0.2, 0) is 78.2 Å². The van der Waals surface area contributed by atoms with Crippen LogP contribution in [0.1, 0.15) is 192 Å². The SMILES string of the molecule is C[C@@H](Cc1ccc(O)cc1)C[C@H](C)C(=O)NNC(=O)OCCSSC[C@H](NC(=O)[C@@H](CCC(=O)NC[C@H](O)[C@@H](O)[C@H](O)[C@H](O)CO)NC(=O)[C@@H](CCC(=O)O)CC(=O)[C@@H](CCC(=O)NC[C@H](O)[C@@H](O)[C@H](O)[C@H](O)CO)NC(=O)[C@@H](CCC(=O)O)CC(=O)CCCCCCCNC(=O)c1cccc(NC(=O)N[C@@H]2CN(C3CCCCC3)c3ccccc3N(CC(=O)C(C)(C)C)C2=O)c1)OC=O. The number of carboxylic acids is 2. The maximum absolute atomic E-state index is 14.8. The van der Waals surface area contributed by atoms with E-state index in [2.05, 4.69) is 58.3 Å². The van der Waals surface area contributed by atoms with E-state index >= 15 is 0 Å². The summed E-state index contributed by atoms with van der Waals surface area (Å²) in [5, 5.41) is 150. The van der Waals surface area contributed by atoms with Gasteiger partial charge in [0, 0.05) is 117 Å². The Kier molecular flexibility index (Phi) is 51.0. The summed E-state index contributed by atoms with van der Waals surface area (Å²) in [6.45, 7) is 5.11. The number of benzene rings is 3. The second-order valence-electron chi connectivity index (χ2n) is 34.8. The van der Waals surface area contributed by atoms with E-state index in [1.54, 1.807) is 76.2 Å². The normalized spacial score (nSPS) is 16.8. The van der Waals surface area contributed by atoms with Gasteiger partial charge in [-0.2, -0.15) is 0 Å². The number of hydrazine groups is 1. The monoisotopic (exact) mass is 1940 g/mol. The molecule has 1 aliphatic heterocycles. The number of hydrogen-bond acceptors (Lipinski definition) is 32. The molecule has 752 valence electrons. The second-order valence-corrected chi connectivity index (χ2v) is 37.4. The number of Topliss-reactive ketones (excluding diaryl/α,β-unsaturated/α-hetero) is 3. The van der Waals surface area contributed by atoms with Crippen molar-refractivity contribution in [2.24, 2.45) is 29.1 Å². The molecule has 43 nitrogen and oxygen atoms in total. The van der Waals surface area contributed by atoms with Crippen molar-refractivity contribution in [3.05, 3.63) is 83.9 Å². The molecule has 0 spiro atoms. The van der Waals surface area contributed by atoms with Crippen LogP contribution in [-0.4, -0.2) is 305 Å². The van der Waals surface area contributed by atoms with Crippen molar-refractivity contribution in [2.75, 3.05) is 79.2 Å². The van der Waals surface area contributed by atoms with E-state index in [9.17, 15) is 143 Å². The van der Waals surface area contributed by atoms with Crippen LogP contribution in [0.5, 0.6) is 5.75 Å². The molecule has 23 N–H and O–H groups in total. The highest BCUT2D eigenvalue weighted by Crippen LogP contribution is 2.38. The van der Waals surface area contributed by atoms with Gasteiger partial charge in [0.1, 0.15) is 66.8 Å². The summed E-state index contributed by atoms with van der Waals surface area (Å²) in [5.74, 6) is -15.5. The zero-order valence-electron chi connectivity index (χ0n) is 76.5. The van der Waals surface area contributed by atoms with Crippen LogP contribution >= 0.6 is 21.6 Å². The third-order valence-electron chi connectivity index (χ3n) is 22.8. The zero-order valence-corrected chi connectivity index (χ0v) is 78.2. The molecule has 0 saturated heterocycles. The molecule has 0 bridgehead atoms. The molecule has 1 fully saturated rings. The number of ketones is 3. The summed E-state index contributed by atoms with van der Waals surface area (Å²) < 4.78 is 10.2. The lowest BCUT2D eigenvalue weighted by Crippen LogP contribution is -2.55. The summed E-state index contributed by atoms with van der Waals surface area (Å²) >= 11 is 0. The number of aromatic hydroxyl groups is 1. The largest absolute Gasteiger partial charge is 0.508 e. The molecule has 2 aliphatic rings. The number of aliphatic hydroxyl groups excluding tert-OH is 10. The molecule has 3 aromatic rings. The molecule has 5 rings (SSSR count). The van der Waals surface area contributed by atoms with Crippen molar-refractivity contribution in [1.29, 1.82) is 0 Å². The summed E-state index contributed by atoms with van der Waals surface area (Å²) in [7, 11) is 2.01. The smallest absolute Gasteiger partial charge is 0.426 e. The Balaban J connectivity index is 1.24. The van der Waals surface area contributed by atoms with Gasteiger partial charge in [0.25, 0.3) is 18.3 Å². The van der Waals surface area contributed by atoms with Crippen LogP contribution in [0.3, 0.4) is 0 Å². The van der Waals surface area contributed by atoms with E-state index in [0.717, 1.165) is 64.9 Å². The first-order valence-electron chi connectivity index (χ1n) is 45.1. The van der Waals surface area contributed by atoms with Gasteiger partial charge in [-0.05, 0) is 118 Å². The molecular formula is C90H134N12O31S2. The standard InChI is InChI=1S/C90H134N12O31S2/c1-52(40-54-24-28-60(106)29-25-54)39-53(2)82(124)99-100-89(131)132-37-38-134-135-50-75(133-51-105)98-86(128)63(31-33-74(115)93-45-69(110)79(121)81(123)71(112)49-104)96-85(127)57(27-35-77(118)119)43-67(108)62(30-32-73(114)92-44-68(109)78(120)80(122)70(111)48-103)95-84(126)56(26-34-76(116)117)42-61(107)21-12-7-6-8-15-36-91-83(125)55-17-16-18-58(41-55)94-88(130)97-64-46-101(59-19-10-9-11-20-59)65-22-13-14-23-66(65)102(87(64)129)47-72(113)90(3,4)5/h13-14,16-18,22-25,28-29,41,51-53,56-57,59,62-64,68-71,75,78-81,103-104,106,109-112,120-123H,6-12,15,19-21,26-27,30-40,42-50H2,1-5H3,(H,91,125)(H,92,114)(H,93,115)(H,95,126)(H,96,127)(H,98,128)(H,99,124)(H,100,131)(H,116,117)(H,118,119)(H2,94,97,130)/t52-,53+,56+,57+,62-,63-,64-,68+,69+,70-,71-,75-,78-,79-,80-,81-/m1/s1. The predicted molar refractivity (Wildman–Crippen MR) is 492 cm³/mol. The number of para-hydroxylation sites is 2. The van der Waals surface area contributed by atoms with Crippen molar-refractivity contribution in [3.63, 3.8) is 0 Å². The fourth-order valence-corrected chi connectivity index (χ4v) is 16.8. The van der Waals surface area contributed by atoms with Crippen molar-refractivity contribution in [1.82, 2.24) is 48.1 Å². The van der Waals surface area contributed by atoms with Crippen LogP contribution in [0.15, 0.2) is 72.8 Å². The van der Waals surface area contributed by atoms with Crippen molar-refractivity contribution < 1.29 is 153 Å². The third-order valence-corrected chi connectivity index (χ3v) is 25.2. The molecule has 0 radical (unpaired) electrons. The van der Waals surface area contributed by atoms with Gasteiger partial charge in [0.2, 0.25) is 35.4 Å². The zero-order chi connectivity index (χ0) is 100. The first-order chi connectivity index (χ1) is 64.0. The van der Waals surface area contributed by atoms with Crippen molar-refractivity contribution in [3.8, 4) is 5.75 Å².